The molecule has 0 amide bonds. The molecule has 0 aromatic rings. The summed E-state index contributed by atoms with van der Waals surface area (Å²) in [5, 5.41) is 0. The summed E-state index contributed by atoms with van der Waals surface area (Å²) in [5.74, 6) is 3.15. The highest BCUT2D eigenvalue weighted by Crippen LogP contribution is 2.65. The van der Waals surface area contributed by atoms with Gasteiger partial charge in [-0.3, -0.25) is 0 Å². The second-order valence-corrected chi connectivity index (χ2v) is 9.01. The van der Waals surface area contributed by atoms with E-state index in [-0.39, 0.29) is 0 Å². The molecular weight excluding hydrogens is 252 g/mol. The lowest BCUT2D eigenvalue weighted by Crippen LogP contribution is -2.48. The maximum absolute atomic E-state index is 2.72. The Hall–Kier alpha value is -0.260. The Morgan fingerprint density at radius 2 is 1.95 bits per heavy atom. The molecular formula is C21H34. The zero-order chi connectivity index (χ0) is 14.5. The van der Waals surface area contributed by atoms with E-state index in [0.717, 1.165) is 23.2 Å². The lowest BCUT2D eigenvalue weighted by Gasteiger charge is -2.57. The first-order chi connectivity index (χ1) is 10.2. The smallest absolute Gasteiger partial charge is 0.00853 e. The molecule has 21 heavy (non-hydrogen) atoms. The standard InChI is InChI=1S/C21H34/c1-3-12-21-14-6-8-19(21)17-10-9-16-7-4-5-13-20(16,2)18(17)11-15-21/h9,17-19H,3-8,10-15H2,1-2H3/t17-,18+,19+,20+,21+/m1/s1. The molecule has 5 atom stereocenters. The van der Waals surface area contributed by atoms with Gasteiger partial charge in [0.15, 0.2) is 0 Å². The highest BCUT2D eigenvalue weighted by Gasteiger charge is 2.56. The number of fused-ring (bicyclic) bond motifs is 5. The van der Waals surface area contributed by atoms with Crippen molar-refractivity contribution in [1.29, 1.82) is 0 Å². The molecule has 118 valence electrons. The number of hydrogen-bond donors (Lipinski definition) is 0. The topological polar surface area (TPSA) is 0 Å². The van der Waals surface area contributed by atoms with Gasteiger partial charge in [-0.05, 0) is 86.4 Å². The van der Waals surface area contributed by atoms with Gasteiger partial charge in [-0.2, -0.15) is 0 Å². The quantitative estimate of drug-likeness (QED) is 0.508. The third kappa shape index (κ3) is 2.00. The van der Waals surface area contributed by atoms with E-state index in [4.69, 9.17) is 0 Å². The molecule has 3 fully saturated rings. The summed E-state index contributed by atoms with van der Waals surface area (Å²) >= 11 is 0. The largest absolute Gasteiger partial charge is 0.0845 e. The Labute approximate surface area is 131 Å². The highest BCUT2D eigenvalue weighted by atomic mass is 14.6. The average Bonchev–Trinajstić information content (AvgIpc) is 2.91. The number of rotatable bonds is 2. The van der Waals surface area contributed by atoms with Crippen molar-refractivity contribution < 1.29 is 0 Å². The Morgan fingerprint density at radius 1 is 1.05 bits per heavy atom. The Morgan fingerprint density at radius 3 is 2.81 bits per heavy atom. The molecule has 0 aliphatic heterocycles. The van der Waals surface area contributed by atoms with Crippen molar-refractivity contribution in [3.63, 3.8) is 0 Å². The van der Waals surface area contributed by atoms with E-state index in [2.05, 4.69) is 19.9 Å². The van der Waals surface area contributed by atoms with Crippen LogP contribution >= 0.6 is 0 Å². The molecule has 0 spiro atoms. The van der Waals surface area contributed by atoms with E-state index in [1.807, 2.05) is 5.57 Å². The summed E-state index contributed by atoms with van der Waals surface area (Å²) in [4.78, 5) is 0. The van der Waals surface area contributed by atoms with Crippen LogP contribution in [0.4, 0.5) is 0 Å². The van der Waals surface area contributed by atoms with Crippen LogP contribution in [0.3, 0.4) is 0 Å². The molecule has 0 aromatic carbocycles. The van der Waals surface area contributed by atoms with Gasteiger partial charge in [-0.25, -0.2) is 0 Å². The fourth-order valence-corrected chi connectivity index (χ4v) is 7.43. The van der Waals surface area contributed by atoms with Gasteiger partial charge in [-0.15, -0.1) is 0 Å². The third-order valence-electron chi connectivity index (χ3n) is 8.29. The molecule has 0 unspecified atom stereocenters. The van der Waals surface area contributed by atoms with Gasteiger partial charge in [0.05, 0.1) is 0 Å². The highest BCUT2D eigenvalue weighted by molar-refractivity contribution is 5.24. The second-order valence-electron chi connectivity index (χ2n) is 9.01. The predicted octanol–water partition coefficient (Wildman–Crippen LogP) is 6.51. The van der Waals surface area contributed by atoms with Crippen molar-refractivity contribution in [2.24, 2.45) is 28.6 Å². The summed E-state index contributed by atoms with van der Waals surface area (Å²) in [6.45, 7) is 5.06. The zero-order valence-corrected chi connectivity index (χ0v) is 14.3. The maximum atomic E-state index is 2.72. The van der Waals surface area contributed by atoms with Crippen LogP contribution in [-0.4, -0.2) is 0 Å². The molecule has 0 N–H and O–H groups in total. The monoisotopic (exact) mass is 286 g/mol. The summed E-state index contributed by atoms with van der Waals surface area (Å²) < 4.78 is 0. The van der Waals surface area contributed by atoms with E-state index in [1.54, 1.807) is 25.7 Å². The van der Waals surface area contributed by atoms with Gasteiger partial charge in [0.2, 0.25) is 0 Å². The second kappa shape index (κ2) is 5.14. The van der Waals surface area contributed by atoms with Crippen molar-refractivity contribution in [3.8, 4) is 0 Å². The summed E-state index contributed by atoms with van der Waals surface area (Å²) in [6.07, 6.45) is 20.7. The SMILES string of the molecule is CCC[C@@]12CCC[C@H]1[C@@H]1CC=C3CCCC[C@]3(C)[C@H]1CC2. The molecule has 3 saturated carbocycles. The van der Waals surface area contributed by atoms with E-state index < -0.39 is 0 Å². The molecule has 0 aromatic heterocycles. The zero-order valence-electron chi connectivity index (χ0n) is 14.3. The minimum atomic E-state index is 0.599. The van der Waals surface area contributed by atoms with Gasteiger partial charge in [0.1, 0.15) is 0 Å². The summed E-state index contributed by atoms with van der Waals surface area (Å²) in [6, 6.07) is 0. The molecule has 0 saturated heterocycles. The van der Waals surface area contributed by atoms with Gasteiger partial charge < -0.3 is 0 Å². The first-order valence-corrected chi connectivity index (χ1v) is 9.89. The summed E-state index contributed by atoms with van der Waals surface area (Å²) in [7, 11) is 0. The van der Waals surface area contributed by atoms with Crippen LogP contribution in [-0.2, 0) is 0 Å². The molecule has 0 bridgehead atoms. The van der Waals surface area contributed by atoms with Crippen LogP contribution in [0.25, 0.3) is 0 Å². The van der Waals surface area contributed by atoms with E-state index in [0.29, 0.717) is 5.41 Å². The normalized spacial score (nSPS) is 49.0. The van der Waals surface area contributed by atoms with Gasteiger partial charge in [-0.1, -0.05) is 44.8 Å². The first-order valence-electron chi connectivity index (χ1n) is 9.89. The lowest BCUT2D eigenvalue weighted by atomic mass is 9.47. The van der Waals surface area contributed by atoms with Crippen LogP contribution in [0.2, 0.25) is 0 Å². The van der Waals surface area contributed by atoms with E-state index in [9.17, 15) is 0 Å². The van der Waals surface area contributed by atoms with E-state index >= 15 is 0 Å². The number of allylic oxidation sites excluding steroid dienone is 2. The van der Waals surface area contributed by atoms with Gasteiger partial charge in [0, 0.05) is 0 Å². The Bertz CT molecular complexity index is 433. The van der Waals surface area contributed by atoms with Crippen LogP contribution in [0.15, 0.2) is 11.6 Å². The van der Waals surface area contributed by atoms with Gasteiger partial charge in [0.25, 0.3) is 0 Å². The van der Waals surface area contributed by atoms with Crippen LogP contribution in [0, 0.1) is 28.6 Å². The Kier molecular flexibility index (Phi) is 3.51. The van der Waals surface area contributed by atoms with Crippen LogP contribution in [0.5, 0.6) is 0 Å². The lowest BCUT2D eigenvalue weighted by molar-refractivity contribution is -0.0373. The molecule has 4 aliphatic carbocycles. The van der Waals surface area contributed by atoms with Crippen molar-refractivity contribution >= 4 is 0 Å². The van der Waals surface area contributed by atoms with Gasteiger partial charge >= 0.3 is 0 Å². The van der Waals surface area contributed by atoms with Crippen LogP contribution in [0.1, 0.15) is 90.9 Å². The van der Waals surface area contributed by atoms with Crippen molar-refractivity contribution in [3.05, 3.63) is 11.6 Å². The van der Waals surface area contributed by atoms with Crippen molar-refractivity contribution in [2.45, 2.75) is 90.9 Å². The predicted molar refractivity (Wildman–Crippen MR) is 90.2 cm³/mol. The molecule has 4 aliphatic rings. The molecule has 0 heteroatoms. The average molecular weight is 287 g/mol. The fraction of sp³-hybridized carbons (Fsp3) is 0.905. The minimum Gasteiger partial charge on any atom is -0.0845 e. The van der Waals surface area contributed by atoms with Crippen LogP contribution < -0.4 is 0 Å². The number of hydrogen-bond acceptors (Lipinski definition) is 0. The first kappa shape index (κ1) is 14.3. The molecule has 0 radical (unpaired) electrons. The van der Waals surface area contributed by atoms with E-state index in [1.165, 1.54) is 51.4 Å². The molecule has 0 nitrogen and oxygen atoms in total. The molecule has 4 rings (SSSR count). The third-order valence-corrected chi connectivity index (χ3v) is 8.29. The van der Waals surface area contributed by atoms with Crippen molar-refractivity contribution in [2.75, 3.05) is 0 Å². The minimum absolute atomic E-state index is 0.599. The Balaban J connectivity index is 1.66. The summed E-state index contributed by atoms with van der Waals surface area (Å²) in [5.41, 5.74) is 3.24. The molecule has 0 heterocycles. The fourth-order valence-electron chi connectivity index (χ4n) is 7.43. The van der Waals surface area contributed by atoms with Crippen molar-refractivity contribution in [1.82, 2.24) is 0 Å². The maximum Gasteiger partial charge on any atom is -0.00853 e.